The minimum absolute atomic E-state index is 0.0224. The topological polar surface area (TPSA) is 260 Å². The lowest BCUT2D eigenvalue weighted by Crippen LogP contribution is -2.21. The highest BCUT2D eigenvalue weighted by Crippen LogP contribution is 2.35. The molecule has 0 amide bonds. The summed E-state index contributed by atoms with van der Waals surface area (Å²) in [5.74, 6) is 2.93. The summed E-state index contributed by atoms with van der Waals surface area (Å²) in [4.78, 5) is 22.3. The number of fused-ring (bicyclic) bond motifs is 3. The molecule has 5 aromatic heterocycles. The van der Waals surface area contributed by atoms with Crippen LogP contribution in [0.3, 0.4) is 0 Å². The molecule has 88 heavy (non-hydrogen) atoms. The van der Waals surface area contributed by atoms with E-state index in [-0.39, 0.29) is 37.9 Å². The monoisotopic (exact) mass is 1280 g/mol. The molecule has 0 bridgehead atoms. The molecule has 10 rings (SSSR count). The third kappa shape index (κ3) is 17.7. The van der Waals surface area contributed by atoms with Crippen LogP contribution < -0.4 is 21.7 Å². The van der Waals surface area contributed by atoms with Crippen LogP contribution in [0.4, 0.5) is 56.8 Å². The van der Waals surface area contributed by atoms with E-state index in [0.29, 0.717) is 33.6 Å². The SMILES string of the molecule is CC(C)(C)c1ccc(S(=O)(=O)Cl)cc1.CC(C)(C)c1ccc(S(=O)(=O)Nc2cc(C(F)(F)F)nn2-c2cccc3ncccc23)cc1.N#CCC(=O)C(F)(F)F.NNc1cccc2ncccc12.Nc1cc(C(F)(F)F)nn1-c1cccc2ncccc12. The molecule has 0 aliphatic carbocycles. The van der Waals surface area contributed by atoms with Gasteiger partial charge in [-0.25, -0.2) is 26.2 Å². The summed E-state index contributed by atoms with van der Waals surface area (Å²) in [5.41, 5.74) is 11.7. The average molecular weight is 1280 g/mol. The first-order valence-corrected chi connectivity index (χ1v) is 29.5. The van der Waals surface area contributed by atoms with E-state index in [0.717, 1.165) is 49.2 Å². The van der Waals surface area contributed by atoms with Crippen LogP contribution in [0.5, 0.6) is 0 Å². The zero-order chi connectivity index (χ0) is 65.2. The normalized spacial score (nSPS) is 12.0. The minimum Gasteiger partial charge on any atom is -0.384 e. The second-order valence-corrected chi connectivity index (χ2v) is 25.0. The largest absolute Gasteiger partial charge is 0.451 e. The summed E-state index contributed by atoms with van der Waals surface area (Å²) in [6.45, 7) is 12.2. The number of ketones is 1. The molecule has 0 saturated carbocycles. The molecule has 5 aromatic carbocycles. The van der Waals surface area contributed by atoms with E-state index in [4.69, 9.17) is 27.5 Å². The second kappa shape index (κ2) is 27.3. The molecule has 17 nitrogen and oxygen atoms in total. The van der Waals surface area contributed by atoms with Crippen molar-refractivity contribution in [3.63, 3.8) is 0 Å². The number of benzene rings is 5. The van der Waals surface area contributed by atoms with Crippen molar-refractivity contribution in [2.24, 2.45) is 5.84 Å². The van der Waals surface area contributed by atoms with E-state index in [1.807, 2.05) is 51.1 Å². The van der Waals surface area contributed by atoms with Crippen molar-refractivity contribution < 1.29 is 61.1 Å². The third-order valence-electron chi connectivity index (χ3n) is 12.4. The molecular weight excluding hydrogens is 1230 g/mol. The van der Waals surface area contributed by atoms with Crippen molar-refractivity contribution in [1.82, 2.24) is 34.5 Å². The number of hydrazine groups is 1. The van der Waals surface area contributed by atoms with Gasteiger partial charge in [0.25, 0.3) is 19.1 Å². The number of anilines is 3. The summed E-state index contributed by atoms with van der Waals surface area (Å²) in [5, 5.41) is 17.1. The van der Waals surface area contributed by atoms with Gasteiger partial charge in [-0.05, 0) is 119 Å². The Hall–Kier alpha value is -9.17. The summed E-state index contributed by atoms with van der Waals surface area (Å²) in [7, 11) is -2.58. The Balaban J connectivity index is 0.000000191. The highest BCUT2D eigenvalue weighted by Gasteiger charge is 2.38. The number of rotatable bonds is 8. The number of Topliss-reactive ketones (excluding diaryl/α,β-unsaturated/α-hetero) is 1. The fraction of sp³-hybridized carbons (Fsp3) is 0.203. The van der Waals surface area contributed by atoms with E-state index in [1.165, 1.54) is 24.3 Å². The third-order valence-corrected chi connectivity index (χ3v) is 15.1. The summed E-state index contributed by atoms with van der Waals surface area (Å²) in [6.07, 6.45) is -10.3. The molecule has 0 fully saturated rings. The Morgan fingerprint density at radius 2 is 0.977 bits per heavy atom. The fourth-order valence-electron chi connectivity index (χ4n) is 7.90. The van der Waals surface area contributed by atoms with Crippen LogP contribution in [0, 0.1) is 11.3 Å². The fourth-order valence-corrected chi connectivity index (χ4v) is 9.70. The molecule has 0 aliphatic rings. The van der Waals surface area contributed by atoms with Crippen molar-refractivity contribution >= 4 is 85.6 Å². The van der Waals surface area contributed by atoms with E-state index < -0.39 is 61.2 Å². The standard InChI is InChI=1S/C23H21F3N4O2S.C13H9F3N4.C10H13ClO2S.C9H9N3.C4H2F3NO/c1-22(2,3)15-9-11-16(12-10-15)33(31,32)29-21-14-20(23(24,25)26)28-30(21)19-8-4-7-18-17(19)6-5-13-27-18;14-13(15,16)11-7-12(17)20(19-11)10-5-1-4-9-8(10)3-2-6-18-9;1-10(2,3)8-4-6-9(7-5-8)14(11,12)13;10-12-9-5-1-4-8-7(9)3-2-6-11-8;5-4(6,7)3(9)1-2-8/h4-14,29H,1-3H3;1-7H,17H2;4-7H,1-3H3;1-6,12H,10H2;1H2. The number of nitrogens with zero attached hydrogens (tertiary/aromatic N) is 8. The Morgan fingerprint density at radius 3 is 1.38 bits per heavy atom. The second-order valence-electron chi connectivity index (χ2n) is 20.8. The lowest BCUT2D eigenvalue weighted by molar-refractivity contribution is -0.169. The number of aromatic nitrogens is 7. The maximum absolute atomic E-state index is 13.5. The van der Waals surface area contributed by atoms with Crippen LogP contribution in [0.1, 0.15) is 70.5 Å². The van der Waals surface area contributed by atoms with Crippen LogP contribution in [-0.4, -0.2) is 63.3 Å². The Bertz CT molecular complexity index is 4340. The zero-order valence-corrected chi connectivity index (χ0v) is 49.6. The zero-order valence-electron chi connectivity index (χ0n) is 47.2. The minimum atomic E-state index is -4.85. The smallest absolute Gasteiger partial charge is 0.384 e. The molecule has 0 radical (unpaired) electrons. The maximum Gasteiger partial charge on any atom is 0.451 e. The van der Waals surface area contributed by atoms with Gasteiger partial charge in [0.1, 0.15) is 18.1 Å². The van der Waals surface area contributed by atoms with E-state index in [2.05, 4.69) is 56.1 Å². The number of hydrogen-bond acceptors (Lipinski definition) is 14. The van der Waals surface area contributed by atoms with Gasteiger partial charge in [-0.2, -0.15) is 55.0 Å². The maximum atomic E-state index is 13.5. The van der Waals surface area contributed by atoms with Crippen LogP contribution in [-0.2, 0) is 47.1 Å². The number of sulfonamides is 1. The number of carbonyl (C=O) groups excluding carboxylic acids is 1. The van der Waals surface area contributed by atoms with Gasteiger partial charge in [0, 0.05) is 57.6 Å². The first-order chi connectivity index (χ1) is 40.9. The summed E-state index contributed by atoms with van der Waals surface area (Å²) in [6, 6.07) is 41.9. The predicted molar refractivity (Wildman–Crippen MR) is 317 cm³/mol. The molecule has 0 atom stereocenters. The molecule has 462 valence electrons. The number of hydrogen-bond donors (Lipinski definition) is 4. The van der Waals surface area contributed by atoms with Gasteiger partial charge < -0.3 is 11.2 Å². The van der Waals surface area contributed by atoms with Gasteiger partial charge in [-0.3, -0.25) is 30.3 Å². The molecular formula is C59H54ClF9N12O5S2. The predicted octanol–water partition coefficient (Wildman–Crippen LogP) is 14.0. The van der Waals surface area contributed by atoms with Gasteiger partial charge in [0.15, 0.2) is 11.4 Å². The highest BCUT2D eigenvalue weighted by molar-refractivity contribution is 8.13. The summed E-state index contributed by atoms with van der Waals surface area (Å²) >= 11 is 0. The van der Waals surface area contributed by atoms with Gasteiger partial charge >= 0.3 is 18.5 Å². The highest BCUT2D eigenvalue weighted by atomic mass is 35.7. The van der Waals surface area contributed by atoms with E-state index in [9.17, 15) is 61.1 Å². The van der Waals surface area contributed by atoms with Crippen LogP contribution in [0.2, 0.25) is 0 Å². The van der Waals surface area contributed by atoms with Crippen molar-refractivity contribution in [2.75, 3.05) is 15.9 Å². The number of carbonyl (C=O) groups is 1. The lowest BCUT2D eigenvalue weighted by Gasteiger charge is -2.19. The number of nitrogens with two attached hydrogens (primary N) is 2. The lowest BCUT2D eigenvalue weighted by atomic mass is 9.87. The molecule has 29 heteroatoms. The van der Waals surface area contributed by atoms with Gasteiger partial charge in [0.2, 0.25) is 5.78 Å². The van der Waals surface area contributed by atoms with Gasteiger partial charge in [0.05, 0.1) is 49.5 Å². The van der Waals surface area contributed by atoms with Crippen LogP contribution >= 0.6 is 10.7 Å². The first kappa shape index (κ1) is 67.9. The quantitative estimate of drug-likeness (QED) is 0.0477. The van der Waals surface area contributed by atoms with Gasteiger partial charge in [-0.1, -0.05) is 84.0 Å². The number of pyridine rings is 3. The Kier molecular flexibility index (Phi) is 21.0. The Labute approximate surface area is 503 Å². The van der Waals surface area contributed by atoms with E-state index in [1.54, 1.807) is 104 Å². The Morgan fingerprint density at radius 1 is 0.568 bits per heavy atom. The number of nitriles is 1. The molecule has 0 aliphatic heterocycles. The molecule has 0 saturated heterocycles. The molecule has 5 heterocycles. The van der Waals surface area contributed by atoms with Crippen LogP contribution in [0.25, 0.3) is 44.1 Å². The molecule has 10 aromatic rings. The van der Waals surface area contributed by atoms with Gasteiger partial charge in [-0.15, -0.1) is 0 Å². The number of nitrogen functional groups attached to an aromatic ring is 2. The molecule has 0 unspecified atom stereocenters. The molecule has 0 spiro atoms. The number of halogens is 10. The molecule has 6 N–H and O–H groups in total. The van der Waals surface area contributed by atoms with Crippen molar-refractivity contribution in [2.45, 2.75) is 87.1 Å². The summed E-state index contributed by atoms with van der Waals surface area (Å²) < 4.78 is 164. The number of alkyl halides is 9. The van der Waals surface area contributed by atoms with Crippen molar-refractivity contribution in [3.05, 3.63) is 193 Å². The number of nitrogens with one attached hydrogen (secondary N) is 2. The average Bonchev–Trinajstić information content (AvgIpc) is 1.66. The van der Waals surface area contributed by atoms with Crippen LogP contribution in [0.15, 0.2) is 180 Å². The first-order valence-electron chi connectivity index (χ1n) is 25.7. The van der Waals surface area contributed by atoms with Crippen molar-refractivity contribution in [3.8, 4) is 17.4 Å². The van der Waals surface area contributed by atoms with E-state index >= 15 is 0 Å². The van der Waals surface area contributed by atoms with Crippen molar-refractivity contribution in [1.29, 1.82) is 5.26 Å².